The monoisotopic (exact) mass is 355 g/mol. The van der Waals surface area contributed by atoms with Gasteiger partial charge in [0.2, 0.25) is 11.8 Å². The van der Waals surface area contributed by atoms with Crippen molar-refractivity contribution in [2.24, 2.45) is 5.92 Å². The van der Waals surface area contributed by atoms with Gasteiger partial charge in [-0.05, 0) is 37.6 Å². The molecule has 2 amide bonds. The fourth-order valence-corrected chi connectivity index (χ4v) is 3.64. The van der Waals surface area contributed by atoms with Crippen LogP contribution in [0.3, 0.4) is 0 Å². The largest absolute Gasteiger partial charge is 0.354 e. The van der Waals surface area contributed by atoms with Gasteiger partial charge in [0.05, 0.1) is 5.92 Å². The molecule has 0 aromatic heterocycles. The maximum atomic E-state index is 12.3. The van der Waals surface area contributed by atoms with Crippen LogP contribution in [0.4, 0.5) is 5.69 Å². The Kier molecular flexibility index (Phi) is 5.09. The molecule has 2 aliphatic rings. The summed E-state index contributed by atoms with van der Waals surface area (Å²) < 4.78 is 0. The Morgan fingerprint density at radius 3 is 2.70 bits per heavy atom. The van der Waals surface area contributed by atoms with E-state index in [9.17, 15) is 9.59 Å². The van der Waals surface area contributed by atoms with Gasteiger partial charge in [0.15, 0.2) is 0 Å². The van der Waals surface area contributed by atoms with Crippen molar-refractivity contribution in [2.75, 3.05) is 24.5 Å². The van der Waals surface area contributed by atoms with E-state index in [4.69, 9.17) is 23.2 Å². The van der Waals surface area contributed by atoms with Crippen molar-refractivity contribution in [3.05, 3.63) is 28.2 Å². The molecule has 3 rings (SSSR count). The van der Waals surface area contributed by atoms with E-state index in [1.165, 1.54) is 0 Å². The molecule has 23 heavy (non-hydrogen) atoms. The molecule has 2 fully saturated rings. The van der Waals surface area contributed by atoms with E-state index >= 15 is 0 Å². The zero-order valence-electron chi connectivity index (χ0n) is 12.6. The third-order valence-corrected chi connectivity index (χ3v) is 4.78. The van der Waals surface area contributed by atoms with Crippen LogP contribution in [0.1, 0.15) is 19.3 Å². The minimum absolute atomic E-state index is 0.0670. The summed E-state index contributed by atoms with van der Waals surface area (Å²) in [5.74, 6) is -0.480. The molecule has 124 valence electrons. The molecule has 0 bridgehead atoms. The van der Waals surface area contributed by atoms with Gasteiger partial charge in [0.1, 0.15) is 0 Å². The summed E-state index contributed by atoms with van der Waals surface area (Å²) in [6.07, 6.45) is 2.44. The van der Waals surface area contributed by atoms with Crippen LogP contribution in [-0.2, 0) is 9.59 Å². The maximum absolute atomic E-state index is 12.3. The van der Waals surface area contributed by atoms with Gasteiger partial charge in [-0.2, -0.15) is 0 Å². The fourth-order valence-electron chi connectivity index (χ4n) is 3.13. The summed E-state index contributed by atoms with van der Waals surface area (Å²) in [5.41, 5.74) is 0.639. The van der Waals surface area contributed by atoms with Crippen molar-refractivity contribution in [2.45, 2.75) is 25.3 Å². The topological polar surface area (TPSA) is 61.4 Å². The van der Waals surface area contributed by atoms with Gasteiger partial charge in [-0.1, -0.05) is 23.2 Å². The minimum atomic E-state index is -0.332. The van der Waals surface area contributed by atoms with Crippen molar-refractivity contribution in [3.8, 4) is 0 Å². The highest BCUT2D eigenvalue weighted by Gasteiger charge is 2.35. The Bertz CT molecular complexity index is 597. The van der Waals surface area contributed by atoms with Crippen molar-refractivity contribution in [1.29, 1.82) is 0 Å². The molecule has 0 radical (unpaired) electrons. The molecule has 0 saturated carbocycles. The Morgan fingerprint density at radius 2 is 2.04 bits per heavy atom. The molecule has 2 unspecified atom stereocenters. The first kappa shape index (κ1) is 16.6. The molecule has 2 N–H and O–H groups in total. The Hall–Kier alpha value is -1.30. The molecule has 2 heterocycles. The minimum Gasteiger partial charge on any atom is -0.354 e. The van der Waals surface area contributed by atoms with Crippen LogP contribution in [0.5, 0.6) is 0 Å². The summed E-state index contributed by atoms with van der Waals surface area (Å²) in [4.78, 5) is 26.1. The average Bonchev–Trinajstić information content (AvgIpc) is 3.13. The predicted molar refractivity (Wildman–Crippen MR) is 91.0 cm³/mol. The zero-order valence-corrected chi connectivity index (χ0v) is 14.2. The van der Waals surface area contributed by atoms with Gasteiger partial charge in [-0.3, -0.25) is 9.59 Å². The quantitative estimate of drug-likeness (QED) is 0.870. The number of nitrogens with one attached hydrogen (secondary N) is 2. The van der Waals surface area contributed by atoms with Crippen molar-refractivity contribution < 1.29 is 9.59 Å². The lowest BCUT2D eigenvalue weighted by atomic mass is 10.1. The summed E-state index contributed by atoms with van der Waals surface area (Å²) in [5, 5.41) is 7.23. The molecule has 1 aromatic rings. The number of benzene rings is 1. The number of nitrogens with zero attached hydrogens (tertiary/aromatic N) is 1. The van der Waals surface area contributed by atoms with E-state index in [1.807, 2.05) is 0 Å². The maximum Gasteiger partial charge on any atom is 0.227 e. The highest BCUT2D eigenvalue weighted by Crippen LogP contribution is 2.30. The second-order valence-electron chi connectivity index (χ2n) is 6.07. The highest BCUT2D eigenvalue weighted by atomic mass is 35.5. The first-order chi connectivity index (χ1) is 11.0. The number of hydrogen-bond donors (Lipinski definition) is 2. The third-order valence-electron chi connectivity index (χ3n) is 4.34. The number of halogens is 2. The van der Waals surface area contributed by atoms with E-state index in [0.717, 1.165) is 19.4 Å². The van der Waals surface area contributed by atoms with Gasteiger partial charge < -0.3 is 15.5 Å². The summed E-state index contributed by atoms with van der Waals surface area (Å²) in [7, 11) is 0. The zero-order chi connectivity index (χ0) is 16.4. The second-order valence-corrected chi connectivity index (χ2v) is 6.94. The lowest BCUT2D eigenvalue weighted by Gasteiger charge is -2.18. The van der Waals surface area contributed by atoms with Gasteiger partial charge in [0.25, 0.3) is 0 Å². The molecule has 0 spiro atoms. The predicted octanol–water partition coefficient (Wildman–Crippen LogP) is 2.21. The van der Waals surface area contributed by atoms with Crippen molar-refractivity contribution in [3.63, 3.8) is 0 Å². The van der Waals surface area contributed by atoms with Gasteiger partial charge in [-0.15, -0.1) is 0 Å². The lowest BCUT2D eigenvalue weighted by molar-refractivity contribution is -0.126. The third kappa shape index (κ3) is 3.97. The van der Waals surface area contributed by atoms with E-state index in [-0.39, 0.29) is 24.2 Å². The smallest absolute Gasteiger partial charge is 0.227 e. The first-order valence-electron chi connectivity index (χ1n) is 7.80. The SMILES string of the molecule is O=C(NCC1CCCN1)C1CC(=O)N(c2cc(Cl)cc(Cl)c2)C1. The number of anilines is 1. The van der Waals surface area contributed by atoms with E-state index in [2.05, 4.69) is 10.6 Å². The Balaban J connectivity index is 1.61. The van der Waals surface area contributed by atoms with Crippen molar-refractivity contribution in [1.82, 2.24) is 10.6 Å². The molecule has 1 aromatic carbocycles. The normalized spacial score (nSPS) is 24.3. The van der Waals surface area contributed by atoms with Crippen LogP contribution < -0.4 is 15.5 Å². The molecular weight excluding hydrogens is 337 g/mol. The second kappa shape index (κ2) is 7.07. The number of rotatable bonds is 4. The van der Waals surface area contributed by atoms with Gasteiger partial charge in [-0.25, -0.2) is 0 Å². The number of carbonyl (C=O) groups is 2. The van der Waals surface area contributed by atoms with E-state index in [0.29, 0.717) is 34.9 Å². The van der Waals surface area contributed by atoms with Crippen LogP contribution in [0, 0.1) is 5.92 Å². The average molecular weight is 356 g/mol. The van der Waals surface area contributed by atoms with Gasteiger partial charge in [0, 0.05) is 41.3 Å². The van der Waals surface area contributed by atoms with E-state index < -0.39 is 0 Å². The van der Waals surface area contributed by atoms with Gasteiger partial charge >= 0.3 is 0 Å². The molecule has 2 saturated heterocycles. The van der Waals surface area contributed by atoms with Crippen molar-refractivity contribution >= 4 is 40.7 Å². The summed E-state index contributed by atoms with van der Waals surface area (Å²) in [6.45, 7) is 1.98. The summed E-state index contributed by atoms with van der Waals surface area (Å²) >= 11 is 12.0. The number of hydrogen-bond acceptors (Lipinski definition) is 3. The van der Waals surface area contributed by atoms with E-state index in [1.54, 1.807) is 23.1 Å². The van der Waals surface area contributed by atoms with Crippen LogP contribution in [0.2, 0.25) is 10.0 Å². The van der Waals surface area contributed by atoms with Crippen LogP contribution in [0.15, 0.2) is 18.2 Å². The molecule has 2 aliphatic heterocycles. The van der Waals surface area contributed by atoms with Crippen LogP contribution in [-0.4, -0.2) is 37.5 Å². The molecule has 0 aliphatic carbocycles. The molecule has 5 nitrogen and oxygen atoms in total. The molecular formula is C16H19Cl2N3O2. The lowest BCUT2D eigenvalue weighted by Crippen LogP contribution is -2.40. The molecule has 2 atom stereocenters. The standard InChI is InChI=1S/C16H19Cl2N3O2/c17-11-5-12(18)7-14(6-11)21-9-10(4-15(21)22)16(23)20-8-13-2-1-3-19-13/h5-7,10,13,19H,1-4,8-9H2,(H,20,23). The molecule has 7 heteroatoms. The first-order valence-corrected chi connectivity index (χ1v) is 8.56. The summed E-state index contributed by atoms with van der Waals surface area (Å²) in [6, 6.07) is 5.34. The number of amides is 2. The number of carbonyl (C=O) groups excluding carboxylic acids is 2. The highest BCUT2D eigenvalue weighted by molar-refractivity contribution is 6.35. The Labute approximate surface area is 145 Å². The van der Waals surface area contributed by atoms with Crippen LogP contribution in [0.25, 0.3) is 0 Å². The fraction of sp³-hybridized carbons (Fsp3) is 0.500. The Morgan fingerprint density at radius 1 is 1.30 bits per heavy atom. The van der Waals surface area contributed by atoms with Crippen LogP contribution >= 0.6 is 23.2 Å².